The largest absolute Gasteiger partial charge is 1.00 e. The topological polar surface area (TPSA) is 3.24 Å². The summed E-state index contributed by atoms with van der Waals surface area (Å²) in [4.78, 5) is 2.18. The van der Waals surface area contributed by atoms with E-state index < -0.39 is 0 Å². The number of fused-ring (bicyclic) bond motifs is 3. The first-order valence-electron chi connectivity index (χ1n) is 8.48. The summed E-state index contributed by atoms with van der Waals surface area (Å²) in [5, 5.41) is 0. The van der Waals surface area contributed by atoms with Crippen LogP contribution in [0.15, 0.2) is 66.7 Å². The molecule has 0 aliphatic heterocycles. The van der Waals surface area contributed by atoms with Gasteiger partial charge in [-0.3, -0.25) is 0 Å². The Kier molecular flexibility index (Phi) is 12.6. The zero-order valence-corrected chi connectivity index (χ0v) is 20.2. The number of nitrogens with zero attached hydrogens (tertiary/aromatic N) is 1. The smallest absolute Gasteiger partial charge is 0.172 e. The SMILES string of the molecule is CN(C)c1cc[c-]c2c1-c1ccccc1C2.C[C](C)=[Zr+2].[Cl-].[Cl-].c1cc[cH-]c1. The fourth-order valence-corrected chi connectivity index (χ4v) is 2.77. The summed E-state index contributed by atoms with van der Waals surface area (Å²) in [5.41, 5.74) is 6.77. The van der Waals surface area contributed by atoms with Crippen LogP contribution in [0.3, 0.4) is 0 Å². The average Bonchev–Trinajstić information content (AvgIpc) is 3.25. The quantitative estimate of drug-likeness (QED) is 0.328. The molecule has 1 nitrogen and oxygen atoms in total. The Labute approximate surface area is 191 Å². The van der Waals surface area contributed by atoms with Crippen molar-refractivity contribution in [2.75, 3.05) is 19.0 Å². The molecule has 0 radical (unpaired) electrons. The van der Waals surface area contributed by atoms with E-state index in [9.17, 15) is 0 Å². The van der Waals surface area contributed by atoms with Gasteiger partial charge in [0.15, 0.2) is 0 Å². The molecule has 142 valence electrons. The van der Waals surface area contributed by atoms with Gasteiger partial charge in [-0.15, -0.1) is 17.2 Å². The average molecular weight is 478 g/mol. The van der Waals surface area contributed by atoms with Crippen LogP contribution in [-0.2, 0) is 30.7 Å². The first kappa shape index (κ1) is 25.9. The molecular weight excluding hydrogens is 452 g/mol. The summed E-state index contributed by atoms with van der Waals surface area (Å²) in [6, 6.07) is 26.2. The number of hydrogen-bond donors (Lipinski definition) is 0. The number of benzene rings is 2. The first-order chi connectivity index (χ1) is 12.0. The van der Waals surface area contributed by atoms with Crippen LogP contribution in [0.1, 0.15) is 25.0 Å². The predicted molar refractivity (Wildman–Crippen MR) is 106 cm³/mol. The van der Waals surface area contributed by atoms with Crippen molar-refractivity contribution < 1.29 is 49.0 Å². The third kappa shape index (κ3) is 7.82. The van der Waals surface area contributed by atoms with Gasteiger partial charge in [0, 0.05) is 14.1 Å². The van der Waals surface area contributed by atoms with Gasteiger partial charge in [-0.25, -0.2) is 12.1 Å². The Balaban J connectivity index is 0.000000518. The molecule has 0 fully saturated rings. The number of halogens is 2. The van der Waals surface area contributed by atoms with Crippen molar-refractivity contribution in [1.29, 1.82) is 0 Å². The summed E-state index contributed by atoms with van der Waals surface area (Å²) >= 11 is 1.55. The Morgan fingerprint density at radius 3 is 2.11 bits per heavy atom. The van der Waals surface area contributed by atoms with Crippen molar-refractivity contribution in [1.82, 2.24) is 0 Å². The monoisotopic (exact) mass is 475 g/mol. The molecule has 0 saturated carbocycles. The van der Waals surface area contributed by atoms with E-state index >= 15 is 0 Å². The van der Waals surface area contributed by atoms with E-state index in [-0.39, 0.29) is 24.8 Å². The van der Waals surface area contributed by atoms with E-state index in [1.54, 1.807) is 24.2 Å². The van der Waals surface area contributed by atoms with Crippen LogP contribution in [0.4, 0.5) is 5.69 Å². The van der Waals surface area contributed by atoms with Gasteiger partial charge in [0.1, 0.15) is 0 Å². The molecule has 0 atom stereocenters. The second-order valence-electron chi connectivity index (χ2n) is 6.41. The van der Waals surface area contributed by atoms with Gasteiger partial charge < -0.3 is 29.7 Å². The van der Waals surface area contributed by atoms with Crippen LogP contribution < -0.4 is 29.7 Å². The minimum atomic E-state index is 0. The van der Waals surface area contributed by atoms with Crippen LogP contribution >= 0.6 is 0 Å². The summed E-state index contributed by atoms with van der Waals surface area (Å²) in [7, 11) is 4.19. The van der Waals surface area contributed by atoms with E-state index in [4.69, 9.17) is 0 Å². The maximum Gasteiger partial charge on any atom is -0.172 e. The van der Waals surface area contributed by atoms with E-state index in [0.29, 0.717) is 0 Å². The van der Waals surface area contributed by atoms with Crippen molar-refractivity contribution >= 4 is 8.89 Å². The van der Waals surface area contributed by atoms with Crippen LogP contribution in [0, 0.1) is 6.07 Å². The Hall–Kier alpha value is -1.08. The minimum absolute atomic E-state index is 0. The standard InChI is InChI=1S/C15H14N.C5H5.C3H6.2ClH.Zr/c1-16(2)14-9-5-7-12-10-11-6-3-4-8-13(11)15(12)14;1-2-4-5-3-1;1-3-2;;;/h3-6,8-9H,10H2,1-2H3;1-5H;1-2H3;2*1H;/q2*-1;;;;+2/p-2. The molecule has 0 aromatic heterocycles. The normalized spacial score (nSPS) is 9.70. The zero-order chi connectivity index (χ0) is 18.2. The second-order valence-corrected chi connectivity index (χ2v) is 8.87. The van der Waals surface area contributed by atoms with Gasteiger partial charge in [0.2, 0.25) is 0 Å². The Morgan fingerprint density at radius 1 is 1.00 bits per heavy atom. The molecule has 4 rings (SSSR count). The Morgan fingerprint density at radius 2 is 1.59 bits per heavy atom. The predicted octanol–water partition coefficient (Wildman–Crippen LogP) is -0.717. The van der Waals surface area contributed by atoms with E-state index in [1.165, 1.54) is 31.1 Å². The van der Waals surface area contributed by atoms with Gasteiger partial charge in [-0.2, -0.15) is 30.3 Å². The summed E-state index contributed by atoms with van der Waals surface area (Å²) in [5.74, 6) is 0. The molecule has 4 heteroatoms. The molecule has 1 aliphatic rings. The molecule has 1 aliphatic carbocycles. The van der Waals surface area contributed by atoms with Gasteiger partial charge in [0.05, 0.1) is 0 Å². The molecule has 0 saturated heterocycles. The Bertz CT molecular complexity index is 790. The first-order valence-corrected chi connectivity index (χ1v) is 9.71. The van der Waals surface area contributed by atoms with Crippen molar-refractivity contribution in [2.24, 2.45) is 0 Å². The molecule has 3 aromatic carbocycles. The molecular formula is C23H25Cl2NZr-2. The van der Waals surface area contributed by atoms with Crippen molar-refractivity contribution in [3.63, 3.8) is 0 Å². The fraction of sp³-hybridized carbons (Fsp3) is 0.217. The second kappa shape index (κ2) is 13.2. The van der Waals surface area contributed by atoms with E-state index in [2.05, 4.69) is 69.2 Å². The van der Waals surface area contributed by atoms with Gasteiger partial charge in [0.25, 0.3) is 0 Å². The molecule has 27 heavy (non-hydrogen) atoms. The van der Waals surface area contributed by atoms with Gasteiger partial charge >= 0.3 is 41.3 Å². The molecule has 0 N–H and O–H groups in total. The fourth-order valence-electron chi connectivity index (χ4n) is 2.77. The van der Waals surface area contributed by atoms with Gasteiger partial charge in [-0.1, -0.05) is 41.1 Å². The maximum atomic E-state index is 3.36. The minimum Gasteiger partial charge on any atom is -1.00 e. The molecule has 0 unspecified atom stereocenters. The van der Waals surface area contributed by atoms with Crippen LogP contribution in [0.25, 0.3) is 11.1 Å². The van der Waals surface area contributed by atoms with Crippen molar-refractivity contribution in [3.05, 3.63) is 83.9 Å². The van der Waals surface area contributed by atoms with E-state index in [0.717, 1.165) is 6.42 Å². The summed E-state index contributed by atoms with van der Waals surface area (Å²) in [6.45, 7) is 4.25. The maximum absolute atomic E-state index is 3.36. The van der Waals surface area contributed by atoms with Crippen LogP contribution in [0.2, 0.25) is 0 Å². The third-order valence-corrected chi connectivity index (χ3v) is 3.75. The number of anilines is 1. The molecule has 0 bridgehead atoms. The summed E-state index contributed by atoms with van der Waals surface area (Å²) in [6.07, 6.45) is 1.02. The molecule has 0 amide bonds. The molecule has 0 spiro atoms. The number of rotatable bonds is 1. The third-order valence-electron chi connectivity index (χ3n) is 3.75. The number of hydrogen-bond acceptors (Lipinski definition) is 1. The van der Waals surface area contributed by atoms with Crippen LogP contribution in [0.5, 0.6) is 0 Å². The van der Waals surface area contributed by atoms with Gasteiger partial charge in [-0.05, 0) is 6.42 Å². The molecule has 0 heterocycles. The molecule has 3 aromatic rings. The van der Waals surface area contributed by atoms with Crippen molar-refractivity contribution in [2.45, 2.75) is 20.3 Å². The van der Waals surface area contributed by atoms with E-state index in [1.807, 2.05) is 36.4 Å². The van der Waals surface area contributed by atoms with Crippen molar-refractivity contribution in [3.8, 4) is 11.1 Å². The zero-order valence-electron chi connectivity index (χ0n) is 16.3. The van der Waals surface area contributed by atoms with Crippen LogP contribution in [-0.4, -0.2) is 17.3 Å². The summed E-state index contributed by atoms with van der Waals surface area (Å²) < 4.78 is 1.51.